The molecule has 2 fully saturated rings. The molecular weight excluding hydrogens is 304 g/mol. The average Bonchev–Trinajstić information content (AvgIpc) is 2.87. The van der Waals surface area contributed by atoms with E-state index in [9.17, 15) is 4.79 Å². The standard InChI is InChI=1S/C18H30N4O2/c1-19(2)11-12-21-13-14-24-17-7-10-22(9-6-15(17)21)18(23)16-5-4-8-20(16)3/h4-5,8,15,17H,6-7,9-14H2,1-3H3/t15-,17-/m1/s1. The first-order valence-electron chi connectivity index (χ1n) is 8.97. The van der Waals surface area contributed by atoms with E-state index in [1.54, 1.807) is 0 Å². The van der Waals surface area contributed by atoms with Crippen LogP contribution in [0.15, 0.2) is 18.3 Å². The molecule has 6 heteroatoms. The van der Waals surface area contributed by atoms with E-state index in [0.29, 0.717) is 6.04 Å². The molecule has 134 valence electrons. The zero-order valence-electron chi connectivity index (χ0n) is 15.1. The first-order valence-corrected chi connectivity index (χ1v) is 8.97. The number of nitrogens with zero attached hydrogens (tertiary/aromatic N) is 4. The van der Waals surface area contributed by atoms with Crippen LogP contribution in [-0.4, -0.2) is 90.7 Å². The van der Waals surface area contributed by atoms with Crippen LogP contribution in [0.4, 0.5) is 0 Å². The zero-order chi connectivity index (χ0) is 17.1. The Morgan fingerprint density at radius 2 is 2.08 bits per heavy atom. The van der Waals surface area contributed by atoms with E-state index in [2.05, 4.69) is 23.9 Å². The fourth-order valence-electron chi connectivity index (χ4n) is 3.82. The van der Waals surface area contributed by atoms with E-state index >= 15 is 0 Å². The summed E-state index contributed by atoms with van der Waals surface area (Å²) in [4.78, 5) is 19.6. The van der Waals surface area contributed by atoms with Crippen LogP contribution >= 0.6 is 0 Å². The maximum atomic E-state index is 12.8. The highest BCUT2D eigenvalue weighted by Crippen LogP contribution is 2.24. The fourth-order valence-corrected chi connectivity index (χ4v) is 3.82. The number of morpholine rings is 1. The number of carbonyl (C=O) groups excluding carboxylic acids is 1. The number of ether oxygens (including phenoxy) is 1. The van der Waals surface area contributed by atoms with Crippen molar-refractivity contribution in [1.29, 1.82) is 0 Å². The number of hydrogen-bond donors (Lipinski definition) is 0. The molecule has 24 heavy (non-hydrogen) atoms. The molecule has 2 atom stereocenters. The summed E-state index contributed by atoms with van der Waals surface area (Å²) in [6, 6.07) is 4.27. The summed E-state index contributed by atoms with van der Waals surface area (Å²) in [6.45, 7) is 5.54. The van der Waals surface area contributed by atoms with Gasteiger partial charge >= 0.3 is 0 Å². The molecule has 0 bridgehead atoms. The number of likely N-dealkylation sites (tertiary alicyclic amines) is 1. The zero-order valence-corrected chi connectivity index (χ0v) is 15.1. The molecule has 0 aliphatic carbocycles. The average molecular weight is 334 g/mol. The summed E-state index contributed by atoms with van der Waals surface area (Å²) in [6.07, 6.45) is 4.11. The Labute approximate surface area is 145 Å². The van der Waals surface area contributed by atoms with Crippen LogP contribution in [0.1, 0.15) is 23.3 Å². The van der Waals surface area contributed by atoms with Gasteiger partial charge in [0.15, 0.2) is 0 Å². The molecule has 0 unspecified atom stereocenters. The van der Waals surface area contributed by atoms with Crippen LogP contribution in [0, 0.1) is 0 Å². The highest BCUT2D eigenvalue weighted by molar-refractivity contribution is 5.92. The molecule has 0 radical (unpaired) electrons. The van der Waals surface area contributed by atoms with Gasteiger partial charge in [0.2, 0.25) is 0 Å². The van der Waals surface area contributed by atoms with E-state index in [4.69, 9.17) is 4.74 Å². The third-order valence-corrected chi connectivity index (χ3v) is 5.27. The summed E-state index contributed by atoms with van der Waals surface area (Å²) in [5, 5.41) is 0. The summed E-state index contributed by atoms with van der Waals surface area (Å²) in [7, 11) is 6.16. The minimum atomic E-state index is 0.140. The van der Waals surface area contributed by atoms with E-state index < -0.39 is 0 Å². The Morgan fingerprint density at radius 1 is 1.29 bits per heavy atom. The van der Waals surface area contributed by atoms with Crippen molar-refractivity contribution < 1.29 is 9.53 Å². The smallest absolute Gasteiger partial charge is 0.270 e. The quantitative estimate of drug-likeness (QED) is 0.820. The summed E-state index contributed by atoms with van der Waals surface area (Å²) < 4.78 is 7.95. The summed E-state index contributed by atoms with van der Waals surface area (Å²) in [5.41, 5.74) is 0.769. The Hall–Kier alpha value is -1.37. The van der Waals surface area contributed by atoms with Crippen molar-refractivity contribution in [3.63, 3.8) is 0 Å². The normalized spacial score (nSPS) is 25.6. The number of carbonyl (C=O) groups is 1. The van der Waals surface area contributed by atoms with Crippen molar-refractivity contribution >= 4 is 5.91 Å². The number of likely N-dealkylation sites (N-methyl/N-ethyl adjacent to an activating group) is 1. The maximum absolute atomic E-state index is 12.8. The molecule has 3 heterocycles. The van der Waals surface area contributed by atoms with Crippen molar-refractivity contribution in [2.24, 2.45) is 7.05 Å². The van der Waals surface area contributed by atoms with Crippen molar-refractivity contribution in [1.82, 2.24) is 19.3 Å². The first kappa shape index (κ1) is 17.5. The molecule has 2 aliphatic heterocycles. The van der Waals surface area contributed by atoms with Crippen molar-refractivity contribution in [3.8, 4) is 0 Å². The summed E-state index contributed by atoms with van der Waals surface area (Å²) >= 11 is 0. The Bertz CT molecular complexity index is 557. The van der Waals surface area contributed by atoms with Crippen LogP contribution in [0.2, 0.25) is 0 Å². The molecule has 0 N–H and O–H groups in total. The lowest BCUT2D eigenvalue weighted by atomic mass is 10.0. The predicted octanol–water partition coefficient (Wildman–Crippen LogP) is 0.892. The Morgan fingerprint density at radius 3 is 2.79 bits per heavy atom. The maximum Gasteiger partial charge on any atom is 0.270 e. The first-order chi connectivity index (χ1) is 11.6. The van der Waals surface area contributed by atoms with E-state index in [1.807, 2.05) is 34.8 Å². The predicted molar refractivity (Wildman–Crippen MR) is 94.2 cm³/mol. The molecule has 2 aliphatic rings. The molecule has 1 aromatic rings. The minimum Gasteiger partial charge on any atom is -0.375 e. The third-order valence-electron chi connectivity index (χ3n) is 5.27. The second kappa shape index (κ2) is 7.68. The second-order valence-electron chi connectivity index (χ2n) is 7.19. The van der Waals surface area contributed by atoms with Crippen LogP contribution in [0.25, 0.3) is 0 Å². The molecule has 0 spiro atoms. The van der Waals surface area contributed by atoms with E-state index in [-0.39, 0.29) is 12.0 Å². The lowest BCUT2D eigenvalue weighted by Gasteiger charge is -2.40. The van der Waals surface area contributed by atoms with Gasteiger partial charge in [0.05, 0.1) is 12.7 Å². The van der Waals surface area contributed by atoms with Gasteiger partial charge in [-0.05, 0) is 39.1 Å². The molecule has 0 saturated carbocycles. The third kappa shape index (κ3) is 3.82. The monoisotopic (exact) mass is 334 g/mol. The summed E-state index contributed by atoms with van der Waals surface area (Å²) in [5.74, 6) is 0.140. The number of hydrogen-bond acceptors (Lipinski definition) is 4. The van der Waals surface area contributed by atoms with Crippen molar-refractivity contribution in [2.45, 2.75) is 25.0 Å². The molecule has 0 aromatic carbocycles. The van der Waals surface area contributed by atoms with Crippen molar-refractivity contribution in [2.75, 3.05) is 53.4 Å². The molecule has 1 aromatic heterocycles. The Balaban J connectivity index is 1.65. The van der Waals surface area contributed by atoms with Gasteiger partial charge in [-0.2, -0.15) is 0 Å². The largest absolute Gasteiger partial charge is 0.375 e. The lowest BCUT2D eigenvalue weighted by molar-refractivity contribution is -0.0724. The van der Waals surface area contributed by atoms with Crippen molar-refractivity contribution in [3.05, 3.63) is 24.0 Å². The van der Waals surface area contributed by atoms with Gasteiger partial charge in [-0.1, -0.05) is 0 Å². The number of aryl methyl sites for hydroxylation is 1. The topological polar surface area (TPSA) is 41.0 Å². The number of amides is 1. The fraction of sp³-hybridized carbons (Fsp3) is 0.722. The van der Waals surface area contributed by atoms with Gasteiger partial charge in [0.1, 0.15) is 5.69 Å². The highest BCUT2D eigenvalue weighted by atomic mass is 16.5. The van der Waals surface area contributed by atoms with Gasteiger partial charge in [-0.25, -0.2) is 0 Å². The second-order valence-corrected chi connectivity index (χ2v) is 7.19. The van der Waals surface area contributed by atoms with Gasteiger partial charge in [0, 0.05) is 52.0 Å². The number of rotatable bonds is 4. The molecular formula is C18H30N4O2. The molecule has 2 saturated heterocycles. The number of fused-ring (bicyclic) bond motifs is 1. The molecule has 3 rings (SSSR count). The van der Waals surface area contributed by atoms with Gasteiger partial charge in [-0.15, -0.1) is 0 Å². The van der Waals surface area contributed by atoms with Crippen LogP contribution in [-0.2, 0) is 11.8 Å². The lowest BCUT2D eigenvalue weighted by Crippen LogP contribution is -2.52. The SMILES string of the molecule is CN(C)CCN1CCO[C@@H]2CCN(C(=O)c3cccn3C)CC[C@H]21. The van der Waals surface area contributed by atoms with E-state index in [0.717, 1.165) is 57.9 Å². The number of aromatic nitrogens is 1. The minimum absolute atomic E-state index is 0.140. The highest BCUT2D eigenvalue weighted by Gasteiger charge is 2.35. The van der Waals surface area contributed by atoms with E-state index in [1.165, 1.54) is 0 Å². The molecule has 1 amide bonds. The Kier molecular flexibility index (Phi) is 5.58. The molecule has 6 nitrogen and oxygen atoms in total. The van der Waals surface area contributed by atoms with Gasteiger partial charge in [-0.3, -0.25) is 9.69 Å². The van der Waals surface area contributed by atoms with Crippen LogP contribution in [0.5, 0.6) is 0 Å². The van der Waals surface area contributed by atoms with Crippen LogP contribution < -0.4 is 0 Å². The van der Waals surface area contributed by atoms with Crippen LogP contribution in [0.3, 0.4) is 0 Å². The van der Waals surface area contributed by atoms with Gasteiger partial charge in [0.25, 0.3) is 5.91 Å². The van der Waals surface area contributed by atoms with Gasteiger partial charge < -0.3 is 19.1 Å².